The number of hydrogen-bond donors (Lipinski definition) is 0. The van der Waals surface area contributed by atoms with Gasteiger partial charge in [0, 0.05) is 0 Å². The van der Waals surface area contributed by atoms with Crippen molar-refractivity contribution in [1.82, 2.24) is 4.67 Å². The van der Waals surface area contributed by atoms with Crippen molar-refractivity contribution in [3.63, 3.8) is 0 Å². The molecule has 30 heavy (non-hydrogen) atoms. The number of benzene rings is 2. The monoisotopic (exact) mass is 433 g/mol. The third kappa shape index (κ3) is 2.67. The van der Waals surface area contributed by atoms with E-state index in [1.807, 2.05) is 4.67 Å². The number of hydrogen-bond acceptors (Lipinski definition) is 9. The van der Waals surface area contributed by atoms with Crippen LogP contribution in [0.25, 0.3) is 11.5 Å². The van der Waals surface area contributed by atoms with Crippen LogP contribution in [0, 0.1) is 20.2 Å². The molecule has 11 nitrogen and oxygen atoms in total. The van der Waals surface area contributed by atoms with Gasteiger partial charge in [-0.3, -0.25) is 0 Å². The minimum atomic E-state index is -4.05. The van der Waals surface area contributed by atoms with Gasteiger partial charge in [0.15, 0.2) is 0 Å². The second kappa shape index (κ2) is 6.44. The van der Waals surface area contributed by atoms with Gasteiger partial charge in [-0.1, -0.05) is 0 Å². The molecule has 0 amide bonds. The van der Waals surface area contributed by atoms with E-state index in [2.05, 4.69) is 0 Å². The first kappa shape index (κ1) is 18.9. The molecule has 2 fully saturated rings. The Morgan fingerprint density at radius 2 is 1.13 bits per heavy atom. The van der Waals surface area contributed by atoms with Gasteiger partial charge in [0.2, 0.25) is 0 Å². The number of rotatable bonds is 4. The Morgan fingerprint density at radius 3 is 1.50 bits per heavy atom. The summed E-state index contributed by atoms with van der Waals surface area (Å²) in [5, 5.41) is 22.0. The molecule has 0 bridgehead atoms. The second-order valence-electron chi connectivity index (χ2n) is 6.84. The summed E-state index contributed by atoms with van der Waals surface area (Å²) in [6.45, 7) is 1.91. The van der Waals surface area contributed by atoms with Crippen LogP contribution < -0.4 is 0 Å². The van der Waals surface area contributed by atoms with Crippen molar-refractivity contribution < 1.29 is 27.9 Å². The fraction of sp³-hybridized carbons (Fsp3) is 0.222. The first-order valence-corrected chi connectivity index (χ1v) is 11.0. The zero-order valence-electron chi connectivity index (χ0n) is 15.5. The van der Waals surface area contributed by atoms with Crippen molar-refractivity contribution in [2.24, 2.45) is 0 Å². The summed E-state index contributed by atoms with van der Waals surface area (Å²) < 4.78 is 26.5. The van der Waals surface area contributed by atoms with Gasteiger partial charge in [-0.2, -0.15) is 0 Å². The van der Waals surface area contributed by atoms with E-state index in [9.17, 15) is 20.2 Å². The Kier molecular flexibility index (Phi) is 4.06. The second-order valence-corrected chi connectivity index (χ2v) is 9.84. The third-order valence-corrected chi connectivity index (χ3v) is 8.68. The Hall–Kier alpha value is -3.11. The van der Waals surface area contributed by atoms with Crippen LogP contribution in [0.15, 0.2) is 48.5 Å². The standard InChI is InChI=1S/C18H16N3O8P/c22-20(23)15-5-1-13(2-6-15)17-18(14-3-7-16(8-4-14)21(24)25)29-30(28-17)19(9-11-26-30)10-12-27-30/h1-8H,9-12H2. The minimum absolute atomic E-state index is 0.0598. The van der Waals surface area contributed by atoms with E-state index >= 15 is 0 Å². The molecule has 0 saturated carbocycles. The van der Waals surface area contributed by atoms with E-state index in [4.69, 9.17) is 18.1 Å². The topological polar surface area (TPSA) is 126 Å². The maximum absolute atomic E-state index is 11.0. The predicted octanol–water partition coefficient (Wildman–Crippen LogP) is 3.87. The number of nitro benzene ring substituents is 2. The van der Waals surface area contributed by atoms with E-state index < -0.39 is 17.5 Å². The zero-order valence-corrected chi connectivity index (χ0v) is 16.4. The molecule has 0 atom stereocenters. The van der Waals surface area contributed by atoms with Crippen molar-refractivity contribution in [2.45, 2.75) is 0 Å². The number of non-ortho nitro benzene ring substituents is 2. The Morgan fingerprint density at radius 1 is 0.733 bits per heavy atom. The van der Waals surface area contributed by atoms with Gasteiger partial charge in [0.05, 0.1) is 0 Å². The Labute approximate surface area is 170 Å². The van der Waals surface area contributed by atoms with Crippen molar-refractivity contribution in [3.8, 4) is 0 Å². The average Bonchev–Trinajstić information content (AvgIpc) is 3.39. The summed E-state index contributed by atoms with van der Waals surface area (Å²) in [6, 6.07) is 11.7. The molecule has 2 saturated heterocycles. The molecule has 3 heterocycles. The van der Waals surface area contributed by atoms with Crippen LogP contribution in [-0.4, -0.2) is 40.8 Å². The summed E-state index contributed by atoms with van der Waals surface area (Å²) in [6.07, 6.45) is 0. The molecule has 0 aromatic heterocycles. The summed E-state index contributed by atoms with van der Waals surface area (Å²) in [4.78, 5) is 21.0. The fourth-order valence-electron chi connectivity index (χ4n) is 3.70. The van der Waals surface area contributed by atoms with E-state index in [-0.39, 0.29) is 11.4 Å². The van der Waals surface area contributed by atoms with Crippen LogP contribution in [0.3, 0.4) is 0 Å². The molecule has 0 N–H and O–H groups in total. The maximum atomic E-state index is 11.0. The van der Waals surface area contributed by atoms with Gasteiger partial charge in [-0.15, -0.1) is 0 Å². The summed E-state index contributed by atoms with van der Waals surface area (Å²) in [5.74, 6) is 0.621. The molecule has 0 aliphatic carbocycles. The van der Waals surface area contributed by atoms with Crippen LogP contribution in [0.5, 0.6) is 0 Å². The van der Waals surface area contributed by atoms with Gasteiger partial charge in [-0.05, 0) is 0 Å². The summed E-state index contributed by atoms with van der Waals surface area (Å²) in [7, 11) is -4.05. The first-order valence-electron chi connectivity index (χ1n) is 9.12. The Bertz CT molecular complexity index is 1000. The molecule has 0 radical (unpaired) electrons. The van der Waals surface area contributed by atoms with Gasteiger partial charge < -0.3 is 0 Å². The van der Waals surface area contributed by atoms with E-state index in [0.29, 0.717) is 48.9 Å². The molecule has 3 aliphatic rings. The molecular formula is C18H16N3O8P. The van der Waals surface area contributed by atoms with Crippen LogP contribution in [-0.2, 0) is 18.1 Å². The summed E-state index contributed by atoms with van der Waals surface area (Å²) >= 11 is 0. The predicted molar refractivity (Wildman–Crippen MR) is 106 cm³/mol. The molecule has 2 aromatic carbocycles. The molecule has 3 aliphatic heterocycles. The van der Waals surface area contributed by atoms with Crippen molar-refractivity contribution in [2.75, 3.05) is 26.3 Å². The average molecular weight is 433 g/mol. The number of nitrogens with zero attached hydrogens (tertiary/aromatic N) is 3. The normalized spacial score (nSPS) is 22.7. The van der Waals surface area contributed by atoms with Gasteiger partial charge in [0.25, 0.3) is 0 Å². The van der Waals surface area contributed by atoms with Crippen molar-refractivity contribution in [3.05, 3.63) is 79.9 Å². The number of nitro groups is 2. The molecule has 0 unspecified atom stereocenters. The van der Waals surface area contributed by atoms with Gasteiger partial charge in [0.1, 0.15) is 0 Å². The van der Waals surface area contributed by atoms with Gasteiger partial charge in [-0.25, -0.2) is 0 Å². The molecule has 5 rings (SSSR count). The third-order valence-electron chi connectivity index (χ3n) is 5.15. The molecule has 2 aromatic rings. The van der Waals surface area contributed by atoms with Crippen molar-refractivity contribution in [1.29, 1.82) is 0 Å². The van der Waals surface area contributed by atoms with Crippen LogP contribution >= 0.6 is 7.66 Å². The van der Waals surface area contributed by atoms with E-state index in [0.717, 1.165) is 0 Å². The fourth-order valence-corrected chi connectivity index (χ4v) is 7.16. The van der Waals surface area contributed by atoms with Crippen LogP contribution in [0.1, 0.15) is 11.1 Å². The first-order chi connectivity index (χ1) is 14.4. The quantitative estimate of drug-likeness (QED) is 0.401. The van der Waals surface area contributed by atoms with E-state index in [1.54, 1.807) is 24.3 Å². The van der Waals surface area contributed by atoms with Crippen LogP contribution in [0.2, 0.25) is 0 Å². The SMILES string of the molecule is O=[N+]([O-])c1ccc(C2=C(c3ccc([N+](=O)[O-])cc3)OP34(OCCN3CCO4)O2)cc1. The van der Waals surface area contributed by atoms with Crippen molar-refractivity contribution >= 4 is 30.6 Å². The van der Waals surface area contributed by atoms with Gasteiger partial charge >= 0.3 is 169 Å². The van der Waals surface area contributed by atoms with E-state index in [1.165, 1.54) is 24.3 Å². The zero-order chi connectivity index (χ0) is 21.0. The Balaban J connectivity index is 1.62. The summed E-state index contributed by atoms with van der Waals surface area (Å²) in [5.41, 5.74) is 0.957. The molecule has 1 spiro atoms. The van der Waals surface area contributed by atoms with Crippen LogP contribution in [0.4, 0.5) is 11.4 Å². The molecule has 12 heteroatoms. The molecular weight excluding hydrogens is 417 g/mol. The molecule has 156 valence electrons.